The van der Waals surface area contributed by atoms with E-state index in [1.54, 1.807) is 6.07 Å². The third kappa shape index (κ3) is 4.39. The molecule has 1 amide bonds. The van der Waals surface area contributed by atoms with Crippen molar-refractivity contribution in [2.75, 3.05) is 5.75 Å². The first-order valence-corrected chi connectivity index (χ1v) is 10.00. The van der Waals surface area contributed by atoms with Crippen LogP contribution < -0.4 is 10.9 Å². The fourth-order valence-electron chi connectivity index (χ4n) is 2.59. The topological polar surface area (TPSA) is 92.1 Å². The maximum atomic E-state index is 12.1. The van der Waals surface area contributed by atoms with Crippen LogP contribution in [0.25, 0.3) is 16.8 Å². The molecule has 1 aromatic carbocycles. The number of benzene rings is 1. The van der Waals surface area contributed by atoms with Crippen molar-refractivity contribution in [3.8, 4) is 11.3 Å². The SMILES string of the molecule is CCc1ccc(-c2cc3c(=O)[nH]nc(SCC(=O)N[C@@H](C)CC)n3n2)cc1. The number of aryl methyl sites for hydroxylation is 1. The van der Waals surface area contributed by atoms with Gasteiger partial charge in [0, 0.05) is 11.6 Å². The molecule has 0 unspecified atom stereocenters. The molecular weight excluding hydrogens is 362 g/mol. The van der Waals surface area contributed by atoms with Gasteiger partial charge in [-0.3, -0.25) is 9.59 Å². The molecule has 0 fully saturated rings. The normalized spacial score (nSPS) is 12.3. The number of carbonyl (C=O) groups is 1. The van der Waals surface area contributed by atoms with Crippen LogP contribution in [0.2, 0.25) is 0 Å². The lowest BCUT2D eigenvalue weighted by Crippen LogP contribution is -2.33. The van der Waals surface area contributed by atoms with Crippen LogP contribution in [-0.4, -0.2) is 37.5 Å². The Kier molecular flexibility index (Phi) is 5.95. The Morgan fingerprint density at radius 3 is 2.70 bits per heavy atom. The van der Waals surface area contributed by atoms with Gasteiger partial charge < -0.3 is 5.32 Å². The smallest absolute Gasteiger partial charge is 0.290 e. The van der Waals surface area contributed by atoms with E-state index in [-0.39, 0.29) is 23.3 Å². The number of carbonyl (C=O) groups excluding carboxylic acids is 1. The molecule has 0 radical (unpaired) electrons. The van der Waals surface area contributed by atoms with E-state index in [0.717, 1.165) is 18.4 Å². The summed E-state index contributed by atoms with van der Waals surface area (Å²) in [7, 11) is 0. The molecule has 3 aromatic rings. The molecule has 2 heterocycles. The maximum absolute atomic E-state index is 12.1. The monoisotopic (exact) mass is 385 g/mol. The molecule has 0 saturated heterocycles. The molecule has 0 spiro atoms. The first kappa shape index (κ1) is 19.2. The van der Waals surface area contributed by atoms with Gasteiger partial charge in [0.1, 0.15) is 5.52 Å². The van der Waals surface area contributed by atoms with Crippen molar-refractivity contribution in [3.05, 3.63) is 46.2 Å². The lowest BCUT2D eigenvalue weighted by molar-refractivity contribution is -0.119. The predicted molar refractivity (Wildman–Crippen MR) is 107 cm³/mol. The number of amides is 1. The fraction of sp³-hybridized carbons (Fsp3) is 0.368. The maximum Gasteiger partial charge on any atom is 0.290 e. The largest absolute Gasteiger partial charge is 0.353 e. The van der Waals surface area contributed by atoms with Crippen molar-refractivity contribution in [1.82, 2.24) is 25.1 Å². The highest BCUT2D eigenvalue weighted by molar-refractivity contribution is 7.99. The van der Waals surface area contributed by atoms with Crippen molar-refractivity contribution in [1.29, 1.82) is 0 Å². The predicted octanol–water partition coefficient (Wildman–Crippen LogP) is 2.65. The number of aromatic nitrogens is 4. The number of hydrogen-bond acceptors (Lipinski definition) is 5. The lowest BCUT2D eigenvalue weighted by atomic mass is 10.1. The van der Waals surface area contributed by atoms with Crippen LogP contribution >= 0.6 is 11.8 Å². The van der Waals surface area contributed by atoms with Crippen molar-refractivity contribution < 1.29 is 4.79 Å². The molecule has 1 atom stereocenters. The summed E-state index contributed by atoms with van der Waals surface area (Å²) in [5, 5.41) is 14.5. The van der Waals surface area contributed by atoms with Crippen LogP contribution in [0.3, 0.4) is 0 Å². The van der Waals surface area contributed by atoms with Crippen molar-refractivity contribution in [2.45, 2.75) is 44.8 Å². The summed E-state index contributed by atoms with van der Waals surface area (Å²) in [6, 6.07) is 9.96. The highest BCUT2D eigenvalue weighted by Crippen LogP contribution is 2.22. The molecule has 142 valence electrons. The minimum absolute atomic E-state index is 0.0713. The van der Waals surface area contributed by atoms with Gasteiger partial charge in [-0.1, -0.05) is 49.9 Å². The van der Waals surface area contributed by atoms with E-state index in [1.165, 1.54) is 21.8 Å². The molecule has 2 aromatic heterocycles. The van der Waals surface area contributed by atoms with Gasteiger partial charge in [-0.2, -0.15) is 5.10 Å². The molecule has 0 aliphatic rings. The molecule has 0 bridgehead atoms. The number of nitrogens with one attached hydrogen (secondary N) is 2. The number of H-pyrrole nitrogens is 1. The van der Waals surface area contributed by atoms with E-state index < -0.39 is 0 Å². The Hall–Kier alpha value is -2.61. The van der Waals surface area contributed by atoms with Crippen molar-refractivity contribution in [3.63, 3.8) is 0 Å². The molecule has 7 nitrogen and oxygen atoms in total. The quantitative estimate of drug-likeness (QED) is 0.610. The molecule has 2 N–H and O–H groups in total. The highest BCUT2D eigenvalue weighted by atomic mass is 32.2. The summed E-state index contributed by atoms with van der Waals surface area (Å²) in [6.07, 6.45) is 1.84. The number of nitrogens with zero attached hydrogens (tertiary/aromatic N) is 3. The summed E-state index contributed by atoms with van der Waals surface area (Å²) < 4.78 is 1.50. The van der Waals surface area contributed by atoms with Crippen LogP contribution in [0.1, 0.15) is 32.8 Å². The molecule has 8 heteroatoms. The standard InChI is InChI=1S/C19H23N5O2S/c1-4-12(3)20-17(25)11-27-19-22-21-18(26)16-10-15(23-24(16)19)14-8-6-13(5-2)7-9-14/h6-10,12H,4-5,11H2,1-3H3,(H,20,25)(H,21,26)/t12-/m0/s1. The van der Waals surface area contributed by atoms with E-state index >= 15 is 0 Å². The van der Waals surface area contributed by atoms with Crippen LogP contribution in [0.4, 0.5) is 0 Å². The Morgan fingerprint density at radius 2 is 2.04 bits per heavy atom. The second kappa shape index (κ2) is 8.39. The molecule has 0 saturated carbocycles. The molecule has 0 aliphatic carbocycles. The average molecular weight is 385 g/mol. The van der Waals surface area contributed by atoms with Gasteiger partial charge in [-0.25, -0.2) is 9.61 Å². The number of rotatable bonds is 7. The van der Waals surface area contributed by atoms with Gasteiger partial charge in [0.25, 0.3) is 5.56 Å². The zero-order valence-corrected chi connectivity index (χ0v) is 16.5. The minimum Gasteiger partial charge on any atom is -0.353 e. The summed E-state index contributed by atoms with van der Waals surface area (Å²) in [6.45, 7) is 6.08. The van der Waals surface area contributed by atoms with E-state index in [1.807, 2.05) is 26.0 Å². The fourth-order valence-corrected chi connectivity index (χ4v) is 3.30. The number of hydrogen-bond donors (Lipinski definition) is 2. The van der Waals surface area contributed by atoms with Gasteiger partial charge in [0.05, 0.1) is 11.4 Å². The summed E-state index contributed by atoms with van der Waals surface area (Å²) in [4.78, 5) is 24.1. The Balaban J connectivity index is 1.86. The third-order valence-electron chi connectivity index (χ3n) is 4.39. The van der Waals surface area contributed by atoms with E-state index in [2.05, 4.69) is 39.7 Å². The number of aromatic amines is 1. The first-order valence-electron chi connectivity index (χ1n) is 9.01. The average Bonchev–Trinajstić information content (AvgIpc) is 3.14. The molecule has 27 heavy (non-hydrogen) atoms. The second-order valence-electron chi connectivity index (χ2n) is 6.38. The molecular formula is C19H23N5O2S. The van der Waals surface area contributed by atoms with Gasteiger partial charge in [0.15, 0.2) is 0 Å². The zero-order valence-electron chi connectivity index (χ0n) is 15.7. The summed E-state index contributed by atoms with van der Waals surface area (Å²) in [5.41, 5.74) is 2.96. The molecule has 0 aliphatic heterocycles. The third-order valence-corrected chi connectivity index (χ3v) is 5.32. The lowest BCUT2D eigenvalue weighted by Gasteiger charge is -2.10. The van der Waals surface area contributed by atoms with Crippen molar-refractivity contribution in [2.24, 2.45) is 0 Å². The zero-order chi connectivity index (χ0) is 19.4. The van der Waals surface area contributed by atoms with Gasteiger partial charge in [0.2, 0.25) is 11.1 Å². The molecule has 3 rings (SSSR count). The van der Waals surface area contributed by atoms with E-state index in [4.69, 9.17) is 0 Å². The Morgan fingerprint density at radius 1 is 1.30 bits per heavy atom. The summed E-state index contributed by atoms with van der Waals surface area (Å²) in [5.74, 6) is 0.136. The Labute approximate surface area is 161 Å². The second-order valence-corrected chi connectivity index (χ2v) is 7.32. The van der Waals surface area contributed by atoms with Crippen molar-refractivity contribution >= 4 is 23.2 Å². The van der Waals surface area contributed by atoms with Crippen LogP contribution in [0, 0.1) is 0 Å². The summed E-state index contributed by atoms with van der Waals surface area (Å²) >= 11 is 1.24. The van der Waals surface area contributed by atoms with Crippen LogP contribution in [0.15, 0.2) is 40.3 Å². The highest BCUT2D eigenvalue weighted by Gasteiger charge is 2.14. The van der Waals surface area contributed by atoms with Crippen LogP contribution in [0.5, 0.6) is 0 Å². The first-order chi connectivity index (χ1) is 13.0. The Bertz CT molecular complexity index is 993. The van der Waals surface area contributed by atoms with Crippen LogP contribution in [-0.2, 0) is 11.2 Å². The van der Waals surface area contributed by atoms with E-state index in [0.29, 0.717) is 16.4 Å². The number of fused-ring (bicyclic) bond motifs is 1. The van der Waals surface area contributed by atoms with Gasteiger partial charge in [-0.15, -0.1) is 5.10 Å². The van der Waals surface area contributed by atoms with Gasteiger partial charge in [-0.05, 0) is 31.4 Å². The van der Waals surface area contributed by atoms with E-state index in [9.17, 15) is 9.59 Å². The number of thioether (sulfide) groups is 1. The van der Waals surface area contributed by atoms with Gasteiger partial charge >= 0.3 is 0 Å². The minimum atomic E-state index is -0.313.